The molecule has 0 radical (unpaired) electrons. The zero-order chi connectivity index (χ0) is 14.5. The Morgan fingerprint density at radius 1 is 1.53 bits per heavy atom. The summed E-state index contributed by atoms with van der Waals surface area (Å²) in [6.07, 6.45) is -3.69. The highest BCUT2D eigenvalue weighted by Gasteiger charge is 2.47. The van der Waals surface area contributed by atoms with Gasteiger partial charge in [-0.1, -0.05) is 0 Å². The molecule has 0 bridgehead atoms. The van der Waals surface area contributed by atoms with Crippen LogP contribution in [-0.2, 0) is 28.2 Å². The molecule has 0 saturated carbocycles. The van der Waals surface area contributed by atoms with E-state index in [1.807, 2.05) is 0 Å². The van der Waals surface area contributed by atoms with E-state index in [1.165, 1.54) is 6.92 Å². The fraction of sp³-hybridized carbons (Fsp3) is 0.700. The van der Waals surface area contributed by atoms with Crippen molar-refractivity contribution in [3.8, 4) is 0 Å². The minimum absolute atomic E-state index is 0.0744. The molecule has 9 heteroatoms. The van der Waals surface area contributed by atoms with Crippen LogP contribution in [0.4, 0.5) is 13.2 Å². The van der Waals surface area contributed by atoms with Crippen LogP contribution in [0.5, 0.6) is 0 Å². The number of sulfone groups is 1. The summed E-state index contributed by atoms with van der Waals surface area (Å²) in [4.78, 5) is 0. The van der Waals surface area contributed by atoms with E-state index >= 15 is 0 Å². The number of nitrogens with zero attached hydrogens (tertiary/aromatic N) is 2. The maximum Gasteiger partial charge on any atom is 0.433 e. The standard InChI is InChI=1S/C10H13F3N2O3S/c1-9(2-3-19(17,18)6-9)15-8(10(11,12)13)7(5-16)4-14-15/h4,16H,2-3,5-6H2,1H3. The minimum atomic E-state index is -4.69. The van der Waals surface area contributed by atoms with E-state index in [9.17, 15) is 21.6 Å². The van der Waals surface area contributed by atoms with Gasteiger partial charge >= 0.3 is 6.18 Å². The molecule has 0 amide bonds. The van der Waals surface area contributed by atoms with Gasteiger partial charge in [-0.3, -0.25) is 4.68 Å². The quantitative estimate of drug-likeness (QED) is 0.881. The highest BCUT2D eigenvalue weighted by Crippen LogP contribution is 2.38. The van der Waals surface area contributed by atoms with E-state index in [1.54, 1.807) is 0 Å². The van der Waals surface area contributed by atoms with Crippen LogP contribution < -0.4 is 0 Å². The first-order chi connectivity index (χ1) is 8.59. The first-order valence-corrected chi connectivity index (χ1v) is 7.37. The number of halogens is 3. The highest BCUT2D eigenvalue weighted by atomic mass is 32.2. The number of hydrogen-bond donors (Lipinski definition) is 1. The molecule has 1 N–H and O–H groups in total. The molecule has 1 atom stereocenters. The van der Waals surface area contributed by atoms with E-state index in [-0.39, 0.29) is 23.5 Å². The van der Waals surface area contributed by atoms with Crippen molar-refractivity contribution in [1.29, 1.82) is 0 Å². The number of aromatic nitrogens is 2. The van der Waals surface area contributed by atoms with Crippen LogP contribution in [-0.4, -0.2) is 34.8 Å². The Labute approximate surface area is 108 Å². The summed E-state index contributed by atoms with van der Waals surface area (Å²) in [5.41, 5.74) is -2.65. The molecular formula is C10H13F3N2O3S. The van der Waals surface area contributed by atoms with Crippen molar-refractivity contribution in [1.82, 2.24) is 9.78 Å². The van der Waals surface area contributed by atoms with Crippen molar-refractivity contribution in [3.05, 3.63) is 17.5 Å². The summed E-state index contributed by atoms with van der Waals surface area (Å²) in [7, 11) is -3.35. The molecule has 0 spiro atoms. The molecule has 2 rings (SSSR count). The Hall–Kier alpha value is -1.09. The van der Waals surface area contributed by atoms with Crippen molar-refractivity contribution >= 4 is 9.84 Å². The molecule has 1 aliphatic rings. The van der Waals surface area contributed by atoms with Gasteiger partial charge in [-0.25, -0.2) is 8.42 Å². The van der Waals surface area contributed by atoms with Crippen molar-refractivity contribution < 1.29 is 26.7 Å². The molecule has 0 aromatic carbocycles. The molecule has 2 heterocycles. The van der Waals surface area contributed by atoms with Crippen molar-refractivity contribution in [2.75, 3.05) is 11.5 Å². The van der Waals surface area contributed by atoms with E-state index < -0.39 is 33.9 Å². The largest absolute Gasteiger partial charge is 0.433 e. The molecular weight excluding hydrogens is 285 g/mol. The molecule has 1 aromatic rings. The molecule has 0 aliphatic carbocycles. The third-order valence-electron chi connectivity index (χ3n) is 3.28. The van der Waals surface area contributed by atoms with Crippen LogP contribution in [0.2, 0.25) is 0 Å². The molecule has 1 aliphatic heterocycles. The summed E-state index contributed by atoms with van der Waals surface area (Å²) in [5.74, 6) is -0.537. The summed E-state index contributed by atoms with van der Waals surface area (Å²) < 4.78 is 62.7. The summed E-state index contributed by atoms with van der Waals surface area (Å²) in [6.45, 7) is 0.638. The lowest BCUT2D eigenvalue weighted by molar-refractivity contribution is -0.147. The SMILES string of the molecule is CC1(n2ncc(CO)c2C(F)(F)F)CCS(=O)(=O)C1. The second-order valence-corrected chi connectivity index (χ2v) is 7.11. The van der Waals surface area contributed by atoms with E-state index in [0.717, 1.165) is 6.20 Å². The van der Waals surface area contributed by atoms with Crippen molar-refractivity contribution in [2.45, 2.75) is 31.7 Å². The summed E-state index contributed by atoms with van der Waals surface area (Å²) in [5, 5.41) is 12.6. The number of rotatable bonds is 2. The van der Waals surface area contributed by atoms with Crippen LogP contribution in [0, 0.1) is 0 Å². The van der Waals surface area contributed by atoms with Gasteiger partial charge in [0.2, 0.25) is 0 Å². The first-order valence-electron chi connectivity index (χ1n) is 5.55. The van der Waals surface area contributed by atoms with Gasteiger partial charge in [0.15, 0.2) is 9.84 Å². The Kier molecular flexibility index (Phi) is 3.17. The lowest BCUT2D eigenvalue weighted by Crippen LogP contribution is -2.36. The predicted molar refractivity (Wildman–Crippen MR) is 60.1 cm³/mol. The zero-order valence-electron chi connectivity index (χ0n) is 10.1. The van der Waals surface area contributed by atoms with Gasteiger partial charge in [-0.2, -0.15) is 18.3 Å². The lowest BCUT2D eigenvalue weighted by atomic mass is 10.0. The van der Waals surface area contributed by atoms with Crippen LogP contribution in [0.1, 0.15) is 24.6 Å². The van der Waals surface area contributed by atoms with Crippen LogP contribution in [0.15, 0.2) is 6.20 Å². The van der Waals surface area contributed by atoms with E-state index in [2.05, 4.69) is 5.10 Å². The average molecular weight is 298 g/mol. The zero-order valence-corrected chi connectivity index (χ0v) is 10.9. The van der Waals surface area contributed by atoms with Crippen LogP contribution in [0.3, 0.4) is 0 Å². The maximum absolute atomic E-state index is 13.0. The molecule has 1 saturated heterocycles. The fourth-order valence-corrected chi connectivity index (χ4v) is 4.48. The van der Waals surface area contributed by atoms with Gasteiger partial charge < -0.3 is 5.11 Å². The maximum atomic E-state index is 13.0. The topological polar surface area (TPSA) is 72.2 Å². The van der Waals surface area contributed by atoms with Crippen LogP contribution >= 0.6 is 0 Å². The normalized spacial score (nSPS) is 26.8. The Bertz CT molecular complexity index is 594. The van der Waals surface area contributed by atoms with Gasteiger partial charge in [0.05, 0.1) is 29.8 Å². The number of aliphatic hydroxyl groups is 1. The second-order valence-electron chi connectivity index (χ2n) is 4.93. The predicted octanol–water partition coefficient (Wildman–Crippen LogP) is 0.928. The Morgan fingerprint density at radius 3 is 2.58 bits per heavy atom. The highest BCUT2D eigenvalue weighted by molar-refractivity contribution is 7.91. The van der Waals surface area contributed by atoms with Gasteiger partial charge in [-0.15, -0.1) is 0 Å². The van der Waals surface area contributed by atoms with Gasteiger partial charge in [-0.05, 0) is 13.3 Å². The lowest BCUT2D eigenvalue weighted by Gasteiger charge is -2.26. The van der Waals surface area contributed by atoms with Gasteiger partial charge in [0.25, 0.3) is 0 Å². The monoisotopic (exact) mass is 298 g/mol. The van der Waals surface area contributed by atoms with Crippen LogP contribution in [0.25, 0.3) is 0 Å². The molecule has 19 heavy (non-hydrogen) atoms. The molecule has 1 fully saturated rings. The second kappa shape index (κ2) is 4.20. The molecule has 1 unspecified atom stereocenters. The van der Waals surface area contributed by atoms with Gasteiger partial charge in [0.1, 0.15) is 5.69 Å². The number of alkyl halides is 3. The number of aliphatic hydroxyl groups excluding tert-OH is 1. The minimum Gasteiger partial charge on any atom is -0.392 e. The number of hydrogen-bond acceptors (Lipinski definition) is 4. The molecule has 1 aromatic heterocycles. The van der Waals surface area contributed by atoms with Crippen molar-refractivity contribution in [2.24, 2.45) is 0 Å². The van der Waals surface area contributed by atoms with Crippen molar-refractivity contribution in [3.63, 3.8) is 0 Å². The Morgan fingerprint density at radius 2 is 2.16 bits per heavy atom. The smallest absolute Gasteiger partial charge is 0.392 e. The Balaban J connectivity index is 2.55. The van der Waals surface area contributed by atoms with E-state index in [0.29, 0.717) is 4.68 Å². The molecule has 5 nitrogen and oxygen atoms in total. The van der Waals surface area contributed by atoms with Gasteiger partial charge in [0, 0.05) is 5.56 Å². The third kappa shape index (κ3) is 2.48. The fourth-order valence-electron chi connectivity index (χ4n) is 2.37. The third-order valence-corrected chi connectivity index (χ3v) is 5.17. The first kappa shape index (κ1) is 14.3. The molecule has 108 valence electrons. The summed E-state index contributed by atoms with van der Waals surface area (Å²) in [6, 6.07) is 0. The average Bonchev–Trinajstić information content (AvgIpc) is 2.79. The summed E-state index contributed by atoms with van der Waals surface area (Å²) >= 11 is 0. The van der Waals surface area contributed by atoms with E-state index in [4.69, 9.17) is 5.11 Å².